The number of ether oxygens (including phenoxy) is 3. The molecule has 3 aliphatic rings. The number of rotatable bonds is 5. The van der Waals surface area contributed by atoms with Gasteiger partial charge in [-0.25, -0.2) is 0 Å². The first-order valence-corrected chi connectivity index (χ1v) is 9.61. The number of carbonyl (C=O) groups is 3. The van der Waals surface area contributed by atoms with Gasteiger partial charge in [0.15, 0.2) is 24.3 Å². The molecule has 2 fully saturated rings. The summed E-state index contributed by atoms with van der Waals surface area (Å²) in [6.07, 6.45) is -3.75. The van der Waals surface area contributed by atoms with Crippen molar-refractivity contribution in [3.05, 3.63) is 35.4 Å². The molecular formula is C20H24N2O7. The van der Waals surface area contributed by atoms with Gasteiger partial charge < -0.3 is 19.5 Å². The summed E-state index contributed by atoms with van der Waals surface area (Å²) >= 11 is 0. The number of benzene rings is 1. The number of carbonyl (C=O) groups excluding carboxylic acids is 3. The molecule has 2 saturated heterocycles. The van der Waals surface area contributed by atoms with Crippen molar-refractivity contribution in [1.82, 2.24) is 10.4 Å². The summed E-state index contributed by atoms with van der Waals surface area (Å²) in [6, 6.07) is 6.44. The van der Waals surface area contributed by atoms with Crippen molar-refractivity contribution in [2.45, 2.75) is 58.1 Å². The van der Waals surface area contributed by atoms with Crippen LogP contribution in [0.3, 0.4) is 0 Å². The Hall–Kier alpha value is -2.33. The SMILES string of the molecule is CC(C)CNC(=O)[C@H]1O[C@@H]2OC(C)(C)O[C@@H]2[C@H]1ON1C(=O)c2ccccc2C1=O. The lowest BCUT2D eigenvalue weighted by atomic mass is 10.1. The molecule has 0 bridgehead atoms. The molecule has 9 heteroatoms. The van der Waals surface area contributed by atoms with Crippen LogP contribution < -0.4 is 5.32 Å². The van der Waals surface area contributed by atoms with E-state index in [4.69, 9.17) is 19.0 Å². The number of fused-ring (bicyclic) bond motifs is 2. The predicted molar refractivity (Wildman–Crippen MR) is 98.4 cm³/mol. The second kappa shape index (κ2) is 7.17. The molecule has 1 N–H and O–H groups in total. The maximum atomic E-state index is 12.7. The average molecular weight is 404 g/mol. The molecule has 29 heavy (non-hydrogen) atoms. The van der Waals surface area contributed by atoms with Crippen LogP contribution in [0, 0.1) is 5.92 Å². The number of nitrogens with one attached hydrogen (secondary N) is 1. The van der Waals surface area contributed by atoms with Gasteiger partial charge in [-0.3, -0.25) is 19.2 Å². The van der Waals surface area contributed by atoms with Crippen LogP contribution in [0.15, 0.2) is 24.3 Å². The molecule has 0 aromatic heterocycles. The first-order valence-electron chi connectivity index (χ1n) is 9.61. The molecule has 9 nitrogen and oxygen atoms in total. The van der Waals surface area contributed by atoms with Crippen LogP contribution in [-0.4, -0.2) is 59.7 Å². The topological polar surface area (TPSA) is 103 Å². The summed E-state index contributed by atoms with van der Waals surface area (Å²) in [5.74, 6) is -2.30. The van der Waals surface area contributed by atoms with Gasteiger partial charge in [-0.1, -0.05) is 26.0 Å². The molecule has 1 aromatic carbocycles. The molecule has 4 atom stereocenters. The minimum Gasteiger partial charge on any atom is -0.353 e. The second-order valence-electron chi connectivity index (χ2n) is 8.18. The van der Waals surface area contributed by atoms with E-state index in [2.05, 4.69) is 5.32 Å². The zero-order valence-electron chi connectivity index (χ0n) is 16.7. The zero-order valence-corrected chi connectivity index (χ0v) is 16.7. The standard InChI is InChI=1S/C20H24N2O7/c1-10(2)9-21-16(23)14-13(15-19(26-14)28-20(3,4)27-15)29-22-17(24)11-7-5-6-8-12(11)18(22)25/h5-8,10,13-15,19H,9H2,1-4H3,(H,21,23)/t13-,14-,15+,19+/m0/s1. The molecule has 3 aliphatic heterocycles. The van der Waals surface area contributed by atoms with Crippen LogP contribution >= 0.6 is 0 Å². The highest BCUT2D eigenvalue weighted by Gasteiger charge is 2.59. The third-order valence-corrected chi connectivity index (χ3v) is 4.92. The zero-order chi connectivity index (χ0) is 20.9. The van der Waals surface area contributed by atoms with E-state index in [0.717, 1.165) is 0 Å². The number of hydrogen-bond donors (Lipinski definition) is 1. The van der Waals surface area contributed by atoms with Gasteiger partial charge in [0.1, 0.15) is 6.10 Å². The lowest BCUT2D eigenvalue weighted by Crippen LogP contribution is -2.49. The van der Waals surface area contributed by atoms with Gasteiger partial charge in [-0.2, -0.15) is 0 Å². The van der Waals surface area contributed by atoms with Gasteiger partial charge in [0.25, 0.3) is 17.7 Å². The predicted octanol–water partition coefficient (Wildman–Crippen LogP) is 1.23. The highest BCUT2D eigenvalue weighted by Crippen LogP contribution is 2.40. The van der Waals surface area contributed by atoms with E-state index in [1.807, 2.05) is 13.8 Å². The maximum Gasteiger partial charge on any atom is 0.285 e. The number of imide groups is 1. The van der Waals surface area contributed by atoms with Crippen LogP contribution in [0.2, 0.25) is 0 Å². The fraction of sp³-hybridized carbons (Fsp3) is 0.550. The molecule has 4 rings (SSSR count). The van der Waals surface area contributed by atoms with Gasteiger partial charge in [0.05, 0.1) is 11.1 Å². The van der Waals surface area contributed by atoms with Crippen molar-refractivity contribution in [3.8, 4) is 0 Å². The fourth-order valence-corrected chi connectivity index (χ4v) is 3.60. The summed E-state index contributed by atoms with van der Waals surface area (Å²) in [5.41, 5.74) is 0.496. The van der Waals surface area contributed by atoms with Crippen molar-refractivity contribution < 1.29 is 33.4 Å². The van der Waals surface area contributed by atoms with Crippen molar-refractivity contribution in [1.29, 1.82) is 0 Å². The van der Waals surface area contributed by atoms with Crippen LogP contribution in [0.25, 0.3) is 0 Å². The van der Waals surface area contributed by atoms with Crippen molar-refractivity contribution in [2.24, 2.45) is 5.92 Å². The molecule has 0 radical (unpaired) electrons. The second-order valence-corrected chi connectivity index (χ2v) is 8.18. The Balaban J connectivity index is 1.57. The molecule has 3 amide bonds. The molecule has 156 valence electrons. The Kier molecular flexibility index (Phi) is 4.94. The summed E-state index contributed by atoms with van der Waals surface area (Å²) in [7, 11) is 0. The van der Waals surface area contributed by atoms with Crippen LogP contribution in [0.1, 0.15) is 48.4 Å². The van der Waals surface area contributed by atoms with E-state index in [1.165, 1.54) is 0 Å². The summed E-state index contributed by atoms with van der Waals surface area (Å²) in [4.78, 5) is 43.8. The number of nitrogens with zero attached hydrogens (tertiary/aromatic N) is 1. The van der Waals surface area contributed by atoms with Gasteiger partial charge in [-0.05, 0) is 31.9 Å². The monoisotopic (exact) mass is 404 g/mol. The Morgan fingerprint density at radius 2 is 1.79 bits per heavy atom. The largest absolute Gasteiger partial charge is 0.353 e. The fourth-order valence-electron chi connectivity index (χ4n) is 3.60. The molecule has 3 heterocycles. The van der Waals surface area contributed by atoms with E-state index < -0.39 is 48.1 Å². The van der Waals surface area contributed by atoms with Gasteiger partial charge in [0, 0.05) is 6.54 Å². The van der Waals surface area contributed by atoms with Crippen LogP contribution in [0.4, 0.5) is 0 Å². The normalized spacial score (nSPS) is 30.0. The number of amides is 3. The highest BCUT2D eigenvalue weighted by atomic mass is 16.9. The minimum absolute atomic E-state index is 0.238. The van der Waals surface area contributed by atoms with Gasteiger partial charge in [0.2, 0.25) is 0 Å². The Morgan fingerprint density at radius 1 is 1.17 bits per heavy atom. The van der Waals surface area contributed by atoms with E-state index in [9.17, 15) is 14.4 Å². The molecule has 0 aliphatic carbocycles. The summed E-state index contributed by atoms with van der Waals surface area (Å²) < 4.78 is 17.3. The van der Waals surface area contributed by atoms with E-state index in [1.54, 1.807) is 38.1 Å². The smallest absolute Gasteiger partial charge is 0.285 e. The summed E-state index contributed by atoms with van der Waals surface area (Å²) in [6.45, 7) is 7.79. The lowest BCUT2D eigenvalue weighted by molar-refractivity contribution is -0.234. The highest BCUT2D eigenvalue weighted by molar-refractivity contribution is 6.20. The Morgan fingerprint density at radius 3 is 2.38 bits per heavy atom. The first kappa shape index (κ1) is 20.0. The van der Waals surface area contributed by atoms with Gasteiger partial charge >= 0.3 is 0 Å². The number of hydrogen-bond acceptors (Lipinski definition) is 7. The number of hydroxylamine groups is 2. The maximum absolute atomic E-state index is 12.7. The molecule has 0 saturated carbocycles. The quantitative estimate of drug-likeness (QED) is 0.736. The molecule has 0 spiro atoms. The first-order chi connectivity index (χ1) is 13.7. The van der Waals surface area contributed by atoms with Crippen LogP contribution in [-0.2, 0) is 23.8 Å². The summed E-state index contributed by atoms with van der Waals surface area (Å²) in [5, 5.41) is 3.46. The third kappa shape index (κ3) is 3.55. The van der Waals surface area contributed by atoms with E-state index >= 15 is 0 Å². The van der Waals surface area contributed by atoms with Crippen molar-refractivity contribution >= 4 is 17.7 Å². The Bertz CT molecular complexity index is 818. The molecule has 0 unspecified atom stereocenters. The minimum atomic E-state index is -1.09. The molecule has 1 aromatic rings. The van der Waals surface area contributed by atoms with E-state index in [0.29, 0.717) is 11.6 Å². The van der Waals surface area contributed by atoms with Crippen molar-refractivity contribution in [2.75, 3.05) is 6.54 Å². The average Bonchev–Trinajstić information content (AvgIpc) is 3.22. The van der Waals surface area contributed by atoms with E-state index in [-0.39, 0.29) is 17.0 Å². The van der Waals surface area contributed by atoms with Crippen LogP contribution in [0.5, 0.6) is 0 Å². The lowest BCUT2D eigenvalue weighted by Gasteiger charge is -2.27. The third-order valence-electron chi connectivity index (χ3n) is 4.92. The van der Waals surface area contributed by atoms with Gasteiger partial charge in [-0.15, -0.1) is 5.06 Å². The molecular weight excluding hydrogens is 380 g/mol. The Labute approximate surface area is 168 Å². The van der Waals surface area contributed by atoms with Crippen molar-refractivity contribution in [3.63, 3.8) is 0 Å².